The molecule has 0 bridgehead atoms. The van der Waals surface area contributed by atoms with E-state index in [1.165, 1.54) is 98.6 Å². The SMILES string of the molecule is c1ccc(-c2nc(-c3cccc(-c4ccc(-n5c6ccccc6c6ccccc65)cc4)c3)nc(-c3ccc4c(c3)Oc3ccccc3C43c4ccccc4-c4ccccc43)n2)cc1.c1ccc(-c2nc(-c3cccc(-c4ccc5c6ccccc6c6ccccc6c5c4)c3)nc(-c3ccc4c(c3)Oc3ccccc3C43c4ccccc4-c4ccccc43)n2)cc1. The lowest BCUT2D eigenvalue weighted by atomic mass is 9.66. The average molecular weight is 1590 g/mol. The van der Waals surface area contributed by atoms with E-state index in [0.717, 1.165) is 107 Å². The van der Waals surface area contributed by atoms with Crippen LogP contribution in [0.2, 0.25) is 0 Å². The minimum Gasteiger partial charge on any atom is -0.457 e. The molecule has 22 aromatic rings. The summed E-state index contributed by atoms with van der Waals surface area (Å²) >= 11 is 0. The van der Waals surface area contributed by atoms with Crippen LogP contribution in [0.25, 0.3) is 173 Å². The van der Waals surface area contributed by atoms with Gasteiger partial charge in [0.05, 0.1) is 21.9 Å². The molecule has 0 saturated carbocycles. The molecule has 582 valence electrons. The fourth-order valence-electron chi connectivity index (χ4n) is 20.5. The van der Waals surface area contributed by atoms with Crippen LogP contribution in [0, 0.1) is 0 Å². The van der Waals surface area contributed by atoms with E-state index < -0.39 is 10.8 Å². The van der Waals surface area contributed by atoms with Crippen LogP contribution in [0.1, 0.15) is 44.5 Å². The molecule has 0 N–H and O–H groups in total. The molecule has 2 aliphatic heterocycles. The number of fused-ring (bicyclic) bond motifs is 27. The van der Waals surface area contributed by atoms with Crippen molar-refractivity contribution < 1.29 is 9.47 Å². The van der Waals surface area contributed by atoms with Crippen molar-refractivity contribution in [2.75, 3.05) is 0 Å². The van der Waals surface area contributed by atoms with E-state index in [9.17, 15) is 0 Å². The van der Waals surface area contributed by atoms with Gasteiger partial charge in [0, 0.05) is 72.1 Å². The van der Waals surface area contributed by atoms with Crippen molar-refractivity contribution in [1.29, 1.82) is 0 Å². The second-order valence-corrected chi connectivity index (χ2v) is 32.6. The zero-order valence-electron chi connectivity index (χ0n) is 67.4. The van der Waals surface area contributed by atoms with Gasteiger partial charge in [0.25, 0.3) is 0 Å². The Morgan fingerprint density at radius 1 is 0.168 bits per heavy atom. The molecule has 0 fully saturated rings. The maximum Gasteiger partial charge on any atom is 0.164 e. The molecule has 3 aromatic heterocycles. The van der Waals surface area contributed by atoms with E-state index >= 15 is 0 Å². The second-order valence-electron chi connectivity index (χ2n) is 32.6. The first-order valence-electron chi connectivity index (χ1n) is 42.4. The van der Waals surface area contributed by atoms with Crippen molar-refractivity contribution in [3.63, 3.8) is 0 Å². The Labute approximate surface area is 720 Å². The van der Waals surface area contributed by atoms with E-state index in [1.807, 2.05) is 66.7 Å². The van der Waals surface area contributed by atoms with Crippen LogP contribution in [-0.4, -0.2) is 34.5 Å². The van der Waals surface area contributed by atoms with Crippen molar-refractivity contribution in [2.24, 2.45) is 0 Å². The zero-order chi connectivity index (χ0) is 82.3. The molecule has 0 saturated heterocycles. The Kier molecular flexibility index (Phi) is 16.3. The fraction of sp³-hybridized carbons (Fsp3) is 0.0172. The highest BCUT2D eigenvalue weighted by Gasteiger charge is 2.53. The van der Waals surface area contributed by atoms with Gasteiger partial charge in [-0.15, -0.1) is 0 Å². The normalized spacial score (nSPS) is 13.1. The predicted molar refractivity (Wildman–Crippen MR) is 505 cm³/mol. The number of hydrogen-bond acceptors (Lipinski definition) is 8. The standard InChI is InChI=1S/C58H36N4O.C58H35N3O/c1-2-15-38(16-3-1)55-59-56(40-18-14-17-39(35-40)37-29-32-42(33-30-37)62-51-26-11-6-21-45(51)46-22-7-12-27-52(46)62)61-57(60-55)41-31-34-50-54(36-41)63-53-28-13-10-25-49(53)58(50)47-23-8-4-19-43(47)44-20-5-9-24-48(44)58;1-2-15-36(16-3-1)55-59-56(39-18-14-17-37(33-39)38-29-31-45-43-21-5-4-19-41(43)42-20-6-7-22-44(42)48(45)34-38)61-57(60-55)40-30-32-52-54(35-40)62-53-28-13-12-27-51(53)58(52)49-25-10-8-23-46(49)47-24-9-11-26-50(47)58/h1-36H;1-35H. The van der Waals surface area contributed by atoms with Gasteiger partial charge < -0.3 is 14.0 Å². The molecule has 19 aromatic carbocycles. The molecular weight excluding hydrogens is 1520 g/mol. The summed E-state index contributed by atoms with van der Waals surface area (Å²) in [5.41, 5.74) is 26.6. The summed E-state index contributed by atoms with van der Waals surface area (Å²) in [5, 5.41) is 10.0. The third kappa shape index (κ3) is 11.2. The first kappa shape index (κ1) is 71.3. The van der Waals surface area contributed by atoms with Gasteiger partial charge >= 0.3 is 0 Å². The van der Waals surface area contributed by atoms with E-state index in [2.05, 4.69) is 369 Å². The lowest BCUT2D eigenvalue weighted by Crippen LogP contribution is -2.32. The number of benzene rings is 19. The van der Waals surface area contributed by atoms with Crippen LogP contribution in [0.3, 0.4) is 0 Å². The number of nitrogens with zero attached hydrogens (tertiary/aromatic N) is 7. The van der Waals surface area contributed by atoms with Crippen molar-refractivity contribution in [3.8, 4) is 142 Å². The summed E-state index contributed by atoms with van der Waals surface area (Å²) in [6.07, 6.45) is 0. The Morgan fingerprint density at radius 3 is 0.872 bits per heavy atom. The molecular formula is C116H71N7O2. The molecule has 9 heteroatoms. The third-order valence-electron chi connectivity index (χ3n) is 25.9. The maximum absolute atomic E-state index is 6.86. The lowest BCUT2D eigenvalue weighted by Gasteiger charge is -2.39. The molecule has 0 unspecified atom stereocenters. The van der Waals surface area contributed by atoms with Crippen molar-refractivity contribution in [2.45, 2.75) is 10.8 Å². The maximum atomic E-state index is 6.86. The number of rotatable bonds is 9. The molecule has 125 heavy (non-hydrogen) atoms. The molecule has 0 amide bonds. The fourth-order valence-corrected chi connectivity index (χ4v) is 20.5. The van der Waals surface area contributed by atoms with Crippen LogP contribution in [0.4, 0.5) is 0 Å². The summed E-state index contributed by atoms with van der Waals surface area (Å²) < 4.78 is 16.1. The first-order chi connectivity index (χ1) is 61.9. The number of aromatic nitrogens is 7. The van der Waals surface area contributed by atoms with Crippen LogP contribution in [0.15, 0.2) is 431 Å². The van der Waals surface area contributed by atoms with E-state index in [1.54, 1.807) is 0 Å². The molecule has 5 heterocycles. The van der Waals surface area contributed by atoms with Crippen LogP contribution >= 0.6 is 0 Å². The Hall–Kier alpha value is -16.6. The van der Waals surface area contributed by atoms with Gasteiger partial charge in [-0.25, -0.2) is 29.9 Å². The lowest BCUT2D eigenvalue weighted by molar-refractivity contribution is 0.436. The highest BCUT2D eigenvalue weighted by molar-refractivity contribution is 6.26. The molecule has 0 atom stereocenters. The second kappa shape index (κ2) is 28.5. The minimum atomic E-state index is -0.544. The molecule has 9 nitrogen and oxygen atoms in total. The average Bonchev–Trinajstić information content (AvgIpc) is 1.55. The van der Waals surface area contributed by atoms with Gasteiger partial charge in [0.2, 0.25) is 0 Å². The topological polar surface area (TPSA) is 101 Å². The largest absolute Gasteiger partial charge is 0.457 e. The highest BCUT2D eigenvalue weighted by atomic mass is 16.5. The molecule has 2 aliphatic carbocycles. The zero-order valence-corrected chi connectivity index (χ0v) is 67.4. The quantitative estimate of drug-likeness (QED) is 0.132. The molecule has 26 rings (SSSR count). The van der Waals surface area contributed by atoms with Gasteiger partial charge in [0.1, 0.15) is 23.0 Å². The van der Waals surface area contributed by atoms with Gasteiger partial charge in [-0.05, 0) is 166 Å². The Morgan fingerprint density at radius 2 is 0.448 bits per heavy atom. The summed E-state index contributed by atoms with van der Waals surface area (Å²) in [6.45, 7) is 0. The van der Waals surface area contributed by atoms with E-state index in [-0.39, 0.29) is 0 Å². The first-order valence-corrected chi connectivity index (χ1v) is 42.4. The summed E-state index contributed by atoms with van der Waals surface area (Å²) in [6, 6.07) is 153. The van der Waals surface area contributed by atoms with Gasteiger partial charge in [0.15, 0.2) is 34.9 Å². The van der Waals surface area contributed by atoms with Gasteiger partial charge in [-0.3, -0.25) is 0 Å². The van der Waals surface area contributed by atoms with Crippen molar-refractivity contribution >= 4 is 54.1 Å². The molecule has 4 aliphatic rings. The van der Waals surface area contributed by atoms with E-state index in [4.69, 9.17) is 39.4 Å². The van der Waals surface area contributed by atoms with Gasteiger partial charge in [-0.2, -0.15) is 0 Å². The highest BCUT2D eigenvalue weighted by Crippen LogP contribution is 2.64. The summed E-state index contributed by atoms with van der Waals surface area (Å²) in [4.78, 5) is 31.0. The third-order valence-corrected chi connectivity index (χ3v) is 25.9. The minimum absolute atomic E-state index is 0.544. The monoisotopic (exact) mass is 1590 g/mol. The summed E-state index contributed by atoms with van der Waals surface area (Å²) in [5.74, 6) is 6.83. The van der Waals surface area contributed by atoms with Crippen LogP contribution in [-0.2, 0) is 10.8 Å². The van der Waals surface area contributed by atoms with Gasteiger partial charge in [-0.1, -0.05) is 364 Å². The number of ether oxygens (including phenoxy) is 2. The molecule has 0 radical (unpaired) electrons. The smallest absolute Gasteiger partial charge is 0.164 e. The van der Waals surface area contributed by atoms with Crippen molar-refractivity contribution in [3.05, 3.63) is 475 Å². The molecule has 2 spiro atoms. The van der Waals surface area contributed by atoms with Crippen LogP contribution < -0.4 is 9.47 Å². The Bertz CT molecular complexity index is 8020. The predicted octanol–water partition coefficient (Wildman–Crippen LogP) is 28.6. The van der Waals surface area contributed by atoms with E-state index in [0.29, 0.717) is 34.9 Å². The number of para-hydroxylation sites is 4. The Balaban J connectivity index is 0.000000137. The summed E-state index contributed by atoms with van der Waals surface area (Å²) in [7, 11) is 0. The number of hydrogen-bond donors (Lipinski definition) is 0. The van der Waals surface area contributed by atoms with Crippen molar-refractivity contribution in [1.82, 2.24) is 34.5 Å². The van der Waals surface area contributed by atoms with Crippen LogP contribution in [0.5, 0.6) is 23.0 Å².